The number of carbonyl (C=O) groups is 1. The molecule has 0 aliphatic rings. The van der Waals surface area contributed by atoms with Crippen LogP contribution in [0.5, 0.6) is 0 Å². The molecular weight excluding hydrogens is 216 g/mol. The van der Waals surface area contributed by atoms with Crippen LogP contribution in [0.4, 0.5) is 5.82 Å². The second-order valence-corrected chi connectivity index (χ2v) is 5.47. The molecule has 0 radical (unpaired) electrons. The van der Waals surface area contributed by atoms with Gasteiger partial charge >= 0.3 is 5.97 Å². The van der Waals surface area contributed by atoms with Crippen LogP contribution in [0.2, 0.25) is 0 Å². The lowest BCUT2D eigenvalue weighted by Crippen LogP contribution is -2.44. The molecule has 0 atom stereocenters. The minimum atomic E-state index is -0.804. The van der Waals surface area contributed by atoms with Crippen molar-refractivity contribution in [2.75, 3.05) is 5.32 Å². The molecule has 94 valence electrons. The van der Waals surface area contributed by atoms with Crippen molar-refractivity contribution in [2.45, 2.75) is 45.8 Å². The Balaban J connectivity index is 2.72. The summed E-state index contributed by atoms with van der Waals surface area (Å²) in [7, 11) is 0. The second-order valence-electron chi connectivity index (χ2n) is 5.47. The standard InChI is InChI=1S/C13H20N2O2/c1-12(2,3)17-11(16)13(4,5)15-10-8-6-7-9-14-10/h6-9H,1-5H3,(H,14,15). The summed E-state index contributed by atoms with van der Waals surface area (Å²) in [5, 5.41) is 3.05. The minimum absolute atomic E-state index is 0.296. The van der Waals surface area contributed by atoms with E-state index < -0.39 is 11.1 Å². The van der Waals surface area contributed by atoms with Gasteiger partial charge in [-0.25, -0.2) is 9.78 Å². The van der Waals surface area contributed by atoms with Gasteiger partial charge < -0.3 is 10.1 Å². The third-order valence-corrected chi connectivity index (χ3v) is 2.01. The van der Waals surface area contributed by atoms with Gasteiger partial charge in [-0.2, -0.15) is 0 Å². The number of carbonyl (C=O) groups excluding carboxylic acids is 1. The molecule has 0 amide bonds. The molecule has 4 heteroatoms. The van der Waals surface area contributed by atoms with E-state index in [1.807, 2.05) is 39.0 Å². The third kappa shape index (κ3) is 4.43. The van der Waals surface area contributed by atoms with Gasteiger partial charge in [0.25, 0.3) is 0 Å². The first-order chi connectivity index (χ1) is 7.71. The van der Waals surface area contributed by atoms with Gasteiger partial charge in [0.1, 0.15) is 17.0 Å². The predicted octanol–water partition coefficient (Wildman–Crippen LogP) is 2.61. The Hall–Kier alpha value is -1.58. The summed E-state index contributed by atoms with van der Waals surface area (Å²) in [6, 6.07) is 5.50. The Morgan fingerprint density at radius 3 is 2.35 bits per heavy atom. The lowest BCUT2D eigenvalue weighted by Gasteiger charge is -2.29. The quantitative estimate of drug-likeness (QED) is 0.820. The number of rotatable bonds is 3. The molecule has 4 nitrogen and oxygen atoms in total. The maximum Gasteiger partial charge on any atom is 0.331 e. The van der Waals surface area contributed by atoms with Crippen molar-refractivity contribution < 1.29 is 9.53 Å². The van der Waals surface area contributed by atoms with Gasteiger partial charge in [0.15, 0.2) is 0 Å². The Bertz CT molecular complexity index is 380. The maximum absolute atomic E-state index is 12.0. The maximum atomic E-state index is 12.0. The number of esters is 1. The van der Waals surface area contributed by atoms with Crippen LogP contribution in [0, 0.1) is 0 Å². The van der Waals surface area contributed by atoms with Crippen LogP contribution in [-0.2, 0) is 9.53 Å². The van der Waals surface area contributed by atoms with Crippen molar-refractivity contribution >= 4 is 11.8 Å². The zero-order valence-electron chi connectivity index (χ0n) is 11.1. The molecule has 0 spiro atoms. The van der Waals surface area contributed by atoms with E-state index in [1.165, 1.54) is 0 Å². The molecule has 1 aromatic rings. The van der Waals surface area contributed by atoms with Crippen molar-refractivity contribution in [3.8, 4) is 0 Å². The zero-order valence-corrected chi connectivity index (χ0v) is 11.1. The highest BCUT2D eigenvalue weighted by atomic mass is 16.6. The van der Waals surface area contributed by atoms with Crippen molar-refractivity contribution in [1.82, 2.24) is 4.98 Å². The highest BCUT2D eigenvalue weighted by molar-refractivity contribution is 5.83. The summed E-state index contributed by atoms with van der Waals surface area (Å²) in [5.74, 6) is 0.360. The van der Waals surface area contributed by atoms with E-state index in [2.05, 4.69) is 10.3 Å². The van der Waals surface area contributed by atoms with Crippen molar-refractivity contribution in [1.29, 1.82) is 0 Å². The van der Waals surface area contributed by atoms with Crippen molar-refractivity contribution in [3.05, 3.63) is 24.4 Å². The monoisotopic (exact) mass is 236 g/mol. The first kappa shape index (κ1) is 13.5. The van der Waals surface area contributed by atoms with Gasteiger partial charge in [0.2, 0.25) is 0 Å². The van der Waals surface area contributed by atoms with E-state index in [9.17, 15) is 4.79 Å². The van der Waals surface area contributed by atoms with E-state index in [0.29, 0.717) is 5.82 Å². The summed E-state index contributed by atoms with van der Waals surface area (Å²) < 4.78 is 5.35. The fourth-order valence-electron chi connectivity index (χ4n) is 1.21. The first-order valence-electron chi connectivity index (χ1n) is 5.63. The van der Waals surface area contributed by atoms with Crippen LogP contribution >= 0.6 is 0 Å². The number of nitrogens with zero attached hydrogens (tertiary/aromatic N) is 1. The summed E-state index contributed by atoms with van der Waals surface area (Å²) in [5.41, 5.74) is -1.29. The molecule has 1 rings (SSSR count). The summed E-state index contributed by atoms with van der Waals surface area (Å²) in [4.78, 5) is 16.1. The van der Waals surface area contributed by atoms with Gasteiger partial charge in [0.05, 0.1) is 0 Å². The average molecular weight is 236 g/mol. The largest absolute Gasteiger partial charge is 0.458 e. The van der Waals surface area contributed by atoms with Gasteiger partial charge in [-0.05, 0) is 46.8 Å². The molecular formula is C13H20N2O2. The van der Waals surface area contributed by atoms with Gasteiger partial charge in [0, 0.05) is 6.20 Å². The molecule has 1 heterocycles. The van der Waals surface area contributed by atoms with Gasteiger partial charge in [-0.15, -0.1) is 0 Å². The van der Waals surface area contributed by atoms with E-state index in [-0.39, 0.29) is 5.97 Å². The smallest absolute Gasteiger partial charge is 0.331 e. The van der Waals surface area contributed by atoms with E-state index >= 15 is 0 Å². The number of nitrogens with one attached hydrogen (secondary N) is 1. The Kier molecular flexibility index (Phi) is 3.76. The lowest BCUT2D eigenvalue weighted by molar-refractivity contribution is -0.159. The van der Waals surface area contributed by atoms with Crippen LogP contribution in [0.15, 0.2) is 24.4 Å². The highest BCUT2D eigenvalue weighted by Gasteiger charge is 2.32. The lowest BCUT2D eigenvalue weighted by atomic mass is 10.1. The summed E-state index contributed by atoms with van der Waals surface area (Å²) in [6.45, 7) is 9.09. The Morgan fingerprint density at radius 1 is 1.24 bits per heavy atom. The topological polar surface area (TPSA) is 51.2 Å². The molecule has 1 aromatic heterocycles. The van der Waals surface area contributed by atoms with E-state index in [1.54, 1.807) is 20.0 Å². The molecule has 1 N–H and O–H groups in total. The Labute approximate surface area is 102 Å². The fraction of sp³-hybridized carbons (Fsp3) is 0.538. The molecule has 0 bridgehead atoms. The van der Waals surface area contributed by atoms with Crippen molar-refractivity contribution in [2.24, 2.45) is 0 Å². The van der Waals surface area contributed by atoms with Crippen LogP contribution in [-0.4, -0.2) is 22.1 Å². The molecule has 0 saturated carbocycles. The number of hydrogen-bond acceptors (Lipinski definition) is 4. The van der Waals surface area contributed by atoms with Crippen LogP contribution in [0.3, 0.4) is 0 Å². The molecule has 0 aliphatic heterocycles. The predicted molar refractivity (Wildman–Crippen MR) is 67.8 cm³/mol. The molecule has 0 aliphatic carbocycles. The number of hydrogen-bond donors (Lipinski definition) is 1. The summed E-state index contributed by atoms with van der Waals surface area (Å²) in [6.07, 6.45) is 1.67. The highest BCUT2D eigenvalue weighted by Crippen LogP contribution is 2.18. The number of aromatic nitrogens is 1. The van der Waals surface area contributed by atoms with E-state index in [4.69, 9.17) is 4.74 Å². The number of ether oxygens (including phenoxy) is 1. The van der Waals surface area contributed by atoms with Gasteiger partial charge in [-0.1, -0.05) is 6.07 Å². The molecule has 0 saturated heterocycles. The molecule has 0 unspecified atom stereocenters. The minimum Gasteiger partial charge on any atom is -0.458 e. The third-order valence-electron chi connectivity index (χ3n) is 2.01. The fourth-order valence-corrected chi connectivity index (χ4v) is 1.21. The molecule has 0 fully saturated rings. The Morgan fingerprint density at radius 2 is 1.88 bits per heavy atom. The average Bonchev–Trinajstić information content (AvgIpc) is 2.15. The normalized spacial score (nSPS) is 12.1. The molecule has 17 heavy (non-hydrogen) atoms. The van der Waals surface area contributed by atoms with Crippen molar-refractivity contribution in [3.63, 3.8) is 0 Å². The zero-order chi connectivity index (χ0) is 13.1. The van der Waals surface area contributed by atoms with E-state index in [0.717, 1.165) is 0 Å². The molecule has 0 aromatic carbocycles. The first-order valence-corrected chi connectivity index (χ1v) is 5.63. The van der Waals surface area contributed by atoms with Crippen LogP contribution in [0.1, 0.15) is 34.6 Å². The van der Waals surface area contributed by atoms with Gasteiger partial charge in [-0.3, -0.25) is 0 Å². The number of pyridine rings is 1. The summed E-state index contributed by atoms with van der Waals surface area (Å²) >= 11 is 0. The van der Waals surface area contributed by atoms with Crippen LogP contribution < -0.4 is 5.32 Å². The number of anilines is 1. The van der Waals surface area contributed by atoms with Crippen LogP contribution in [0.25, 0.3) is 0 Å². The SMILES string of the molecule is CC(C)(C)OC(=O)C(C)(C)Nc1ccccn1. The second kappa shape index (κ2) is 4.73.